The van der Waals surface area contributed by atoms with Gasteiger partial charge >= 0.3 is 5.97 Å². The van der Waals surface area contributed by atoms with Crippen LogP contribution in [0.1, 0.15) is 21.8 Å². The Morgan fingerprint density at radius 2 is 2.14 bits per heavy atom. The molecule has 8 heteroatoms. The second-order valence-electron chi connectivity index (χ2n) is 4.45. The lowest BCUT2D eigenvalue weighted by Crippen LogP contribution is -2.21. The highest BCUT2D eigenvalue weighted by Crippen LogP contribution is 2.19. The molecule has 1 aromatic heterocycles. The number of nitrogens with one attached hydrogen (secondary N) is 1. The molecule has 0 saturated heterocycles. The molecule has 0 bridgehead atoms. The zero-order valence-electron chi connectivity index (χ0n) is 11.8. The van der Waals surface area contributed by atoms with Gasteiger partial charge in [0, 0.05) is 5.02 Å². The van der Waals surface area contributed by atoms with E-state index in [2.05, 4.69) is 10.5 Å². The number of amides is 1. The third kappa shape index (κ3) is 3.62. The van der Waals surface area contributed by atoms with Crippen LogP contribution in [0.2, 0.25) is 5.02 Å². The zero-order valence-corrected chi connectivity index (χ0v) is 12.5. The summed E-state index contributed by atoms with van der Waals surface area (Å²) >= 11 is 5.61. The lowest BCUT2D eigenvalue weighted by atomic mass is 10.2. The predicted octanol–water partition coefficient (Wildman–Crippen LogP) is 2.88. The first-order valence-corrected chi connectivity index (χ1v) is 6.61. The Morgan fingerprint density at radius 3 is 2.73 bits per heavy atom. The van der Waals surface area contributed by atoms with Gasteiger partial charge in [0.2, 0.25) is 0 Å². The molecule has 1 heterocycles. The summed E-state index contributed by atoms with van der Waals surface area (Å²) in [5.41, 5.74) is 0.486. The molecule has 0 aliphatic rings. The number of esters is 1. The summed E-state index contributed by atoms with van der Waals surface area (Å²) in [7, 11) is 0. The van der Waals surface area contributed by atoms with Gasteiger partial charge in [0.25, 0.3) is 5.91 Å². The first-order chi connectivity index (χ1) is 10.4. The molecule has 1 N–H and O–H groups in total. The standard InChI is InChI=1S/C14H12ClFN2O4/c1-7-13(8(2)22-18-7)14(20)21-6-12(19)17-11-4-3-9(15)5-10(11)16/h3-5H,6H2,1-2H3,(H,17,19). The van der Waals surface area contributed by atoms with Gasteiger partial charge in [-0.3, -0.25) is 4.79 Å². The molecule has 6 nitrogen and oxygen atoms in total. The fourth-order valence-corrected chi connectivity index (χ4v) is 1.91. The molecule has 1 amide bonds. The number of carbonyl (C=O) groups is 2. The van der Waals surface area contributed by atoms with E-state index < -0.39 is 24.3 Å². The normalized spacial score (nSPS) is 10.4. The van der Waals surface area contributed by atoms with Crippen molar-refractivity contribution in [2.24, 2.45) is 0 Å². The van der Waals surface area contributed by atoms with Crippen LogP contribution in [0.25, 0.3) is 0 Å². The van der Waals surface area contributed by atoms with Crippen molar-refractivity contribution in [2.45, 2.75) is 13.8 Å². The molecule has 0 aliphatic carbocycles. The summed E-state index contributed by atoms with van der Waals surface area (Å²) in [5, 5.41) is 6.10. The fourth-order valence-electron chi connectivity index (χ4n) is 1.75. The number of aromatic nitrogens is 1. The highest BCUT2D eigenvalue weighted by molar-refractivity contribution is 6.30. The molecule has 2 rings (SSSR count). The number of nitrogens with zero attached hydrogens (tertiary/aromatic N) is 1. The number of aryl methyl sites for hydroxylation is 2. The minimum Gasteiger partial charge on any atom is -0.452 e. The van der Waals surface area contributed by atoms with Crippen LogP contribution in [0.4, 0.5) is 10.1 Å². The second-order valence-corrected chi connectivity index (χ2v) is 4.88. The molecule has 1 aromatic carbocycles. The predicted molar refractivity (Wildman–Crippen MR) is 76.3 cm³/mol. The number of ether oxygens (including phenoxy) is 1. The third-order valence-electron chi connectivity index (χ3n) is 2.78. The average Bonchev–Trinajstić information content (AvgIpc) is 2.79. The summed E-state index contributed by atoms with van der Waals surface area (Å²) in [6.45, 7) is 2.57. The van der Waals surface area contributed by atoms with Crippen molar-refractivity contribution in [2.75, 3.05) is 11.9 Å². The molecule has 0 atom stereocenters. The maximum Gasteiger partial charge on any atom is 0.344 e. The number of hydrogen-bond acceptors (Lipinski definition) is 5. The van der Waals surface area contributed by atoms with E-state index in [9.17, 15) is 14.0 Å². The first-order valence-electron chi connectivity index (χ1n) is 6.23. The van der Waals surface area contributed by atoms with Gasteiger partial charge in [-0.15, -0.1) is 0 Å². The van der Waals surface area contributed by atoms with E-state index in [0.717, 1.165) is 6.07 Å². The first kappa shape index (κ1) is 16.0. The molecular formula is C14H12ClFN2O4. The van der Waals surface area contributed by atoms with E-state index in [0.29, 0.717) is 11.5 Å². The van der Waals surface area contributed by atoms with Gasteiger partial charge < -0.3 is 14.6 Å². The summed E-state index contributed by atoms with van der Waals surface area (Å²) in [6, 6.07) is 3.80. The Labute approximate surface area is 130 Å². The zero-order chi connectivity index (χ0) is 16.3. The van der Waals surface area contributed by atoms with Crippen LogP contribution in [0.5, 0.6) is 0 Å². The quantitative estimate of drug-likeness (QED) is 0.874. The number of carbonyl (C=O) groups excluding carboxylic acids is 2. The Kier molecular flexibility index (Phi) is 4.77. The Morgan fingerprint density at radius 1 is 1.41 bits per heavy atom. The maximum atomic E-state index is 13.5. The van der Waals surface area contributed by atoms with Gasteiger partial charge in [0.1, 0.15) is 17.1 Å². The Hall–Kier alpha value is -2.41. The van der Waals surface area contributed by atoms with Crippen LogP contribution in [-0.4, -0.2) is 23.6 Å². The maximum absolute atomic E-state index is 13.5. The van der Waals surface area contributed by atoms with Gasteiger partial charge in [-0.05, 0) is 32.0 Å². The molecule has 0 unspecified atom stereocenters. The summed E-state index contributed by atoms with van der Waals surface area (Å²) in [6.07, 6.45) is 0. The number of benzene rings is 1. The van der Waals surface area contributed by atoms with Crippen LogP contribution in [0.15, 0.2) is 22.7 Å². The summed E-state index contributed by atoms with van der Waals surface area (Å²) in [4.78, 5) is 23.5. The number of rotatable bonds is 4. The molecule has 0 fully saturated rings. The van der Waals surface area contributed by atoms with Crippen LogP contribution in [-0.2, 0) is 9.53 Å². The van der Waals surface area contributed by atoms with Crippen molar-refractivity contribution in [3.05, 3.63) is 46.1 Å². The lowest BCUT2D eigenvalue weighted by Gasteiger charge is -2.07. The molecule has 116 valence electrons. The third-order valence-corrected chi connectivity index (χ3v) is 3.01. The minimum absolute atomic E-state index is 0.0530. The smallest absolute Gasteiger partial charge is 0.344 e. The molecule has 0 radical (unpaired) electrons. The molecule has 0 saturated carbocycles. The van der Waals surface area contributed by atoms with Gasteiger partial charge in [-0.1, -0.05) is 16.8 Å². The number of halogens is 2. The van der Waals surface area contributed by atoms with E-state index in [1.807, 2.05) is 0 Å². The minimum atomic E-state index is -0.733. The summed E-state index contributed by atoms with van der Waals surface area (Å²) in [5.74, 6) is -1.80. The SMILES string of the molecule is Cc1noc(C)c1C(=O)OCC(=O)Nc1ccc(Cl)cc1F. The molecule has 0 aliphatic heterocycles. The number of anilines is 1. The highest BCUT2D eigenvalue weighted by Gasteiger charge is 2.20. The topological polar surface area (TPSA) is 81.4 Å². The largest absolute Gasteiger partial charge is 0.452 e. The monoisotopic (exact) mass is 326 g/mol. The van der Waals surface area contributed by atoms with E-state index >= 15 is 0 Å². The van der Waals surface area contributed by atoms with Crippen molar-refractivity contribution < 1.29 is 23.2 Å². The van der Waals surface area contributed by atoms with Crippen molar-refractivity contribution in [1.29, 1.82) is 0 Å². The van der Waals surface area contributed by atoms with Gasteiger partial charge in [0.15, 0.2) is 6.61 Å². The van der Waals surface area contributed by atoms with E-state index in [1.54, 1.807) is 13.8 Å². The van der Waals surface area contributed by atoms with Gasteiger partial charge in [-0.25, -0.2) is 9.18 Å². The van der Waals surface area contributed by atoms with Crippen LogP contribution < -0.4 is 5.32 Å². The molecular weight excluding hydrogens is 315 g/mol. The molecule has 22 heavy (non-hydrogen) atoms. The molecule has 2 aromatic rings. The lowest BCUT2D eigenvalue weighted by molar-refractivity contribution is -0.119. The van der Waals surface area contributed by atoms with Gasteiger partial charge in [-0.2, -0.15) is 0 Å². The van der Waals surface area contributed by atoms with Crippen LogP contribution in [0.3, 0.4) is 0 Å². The van der Waals surface area contributed by atoms with Crippen molar-refractivity contribution >= 4 is 29.2 Å². The second kappa shape index (κ2) is 6.57. The van der Waals surface area contributed by atoms with Crippen LogP contribution >= 0.6 is 11.6 Å². The van der Waals surface area contributed by atoms with Crippen molar-refractivity contribution in [1.82, 2.24) is 5.16 Å². The highest BCUT2D eigenvalue weighted by atomic mass is 35.5. The van der Waals surface area contributed by atoms with E-state index in [4.69, 9.17) is 20.9 Å². The molecule has 0 spiro atoms. The van der Waals surface area contributed by atoms with Crippen molar-refractivity contribution in [3.8, 4) is 0 Å². The van der Waals surface area contributed by atoms with E-state index in [-0.39, 0.29) is 16.3 Å². The Bertz CT molecular complexity index is 710. The van der Waals surface area contributed by atoms with Crippen molar-refractivity contribution in [3.63, 3.8) is 0 Å². The van der Waals surface area contributed by atoms with E-state index in [1.165, 1.54) is 12.1 Å². The number of hydrogen-bond donors (Lipinski definition) is 1. The summed E-state index contributed by atoms with van der Waals surface area (Å²) < 4.78 is 23.2. The average molecular weight is 327 g/mol. The fraction of sp³-hybridized carbons (Fsp3) is 0.214. The Balaban J connectivity index is 1.94. The van der Waals surface area contributed by atoms with Crippen LogP contribution in [0, 0.1) is 19.7 Å². The van der Waals surface area contributed by atoms with Gasteiger partial charge in [0.05, 0.1) is 11.4 Å².